The van der Waals surface area contributed by atoms with E-state index in [1.54, 1.807) is 91.0 Å². The Labute approximate surface area is 229 Å². The third-order valence-corrected chi connectivity index (χ3v) is 8.68. The molecule has 39 heavy (non-hydrogen) atoms. The average molecular weight is 534 g/mol. The molecule has 2 aliphatic heterocycles. The molecule has 4 aromatic carbocycles. The van der Waals surface area contributed by atoms with Crippen molar-refractivity contribution in [1.82, 2.24) is 0 Å². The number of carbonyl (C=O) groups excluding carboxylic acids is 3. The van der Waals surface area contributed by atoms with Crippen LogP contribution in [0, 0.1) is 11.2 Å². The third-order valence-electron chi connectivity index (χ3n) is 8.33. The molecule has 2 heterocycles. The lowest BCUT2D eigenvalue weighted by Crippen LogP contribution is -2.48. The lowest BCUT2D eigenvalue weighted by atomic mass is 9.64. The highest BCUT2D eigenvalue weighted by molar-refractivity contribution is 6.34. The van der Waals surface area contributed by atoms with Crippen molar-refractivity contribution in [2.24, 2.45) is 5.41 Å². The fraction of sp³-hybridized carbons (Fsp3) is 0.121. The van der Waals surface area contributed by atoms with Gasteiger partial charge in [0.05, 0.1) is 6.04 Å². The predicted octanol–water partition coefficient (Wildman–Crippen LogP) is 6.80. The normalized spacial score (nSPS) is 22.1. The second-order valence-electron chi connectivity index (χ2n) is 10.2. The highest BCUT2D eigenvalue weighted by Gasteiger charge is 2.71. The van der Waals surface area contributed by atoms with Crippen molar-refractivity contribution in [3.63, 3.8) is 0 Å². The first-order valence-corrected chi connectivity index (χ1v) is 13.1. The van der Waals surface area contributed by atoms with Crippen molar-refractivity contribution in [2.75, 3.05) is 4.90 Å². The van der Waals surface area contributed by atoms with Gasteiger partial charge in [-0.15, -0.1) is 0 Å². The molecule has 0 N–H and O–H groups in total. The summed E-state index contributed by atoms with van der Waals surface area (Å²) in [6.07, 6.45) is 3.51. The number of hydrogen-bond acceptors (Lipinski definition) is 4. The molecular weight excluding hydrogens is 513 g/mol. The maximum absolute atomic E-state index is 14.6. The summed E-state index contributed by atoms with van der Waals surface area (Å²) in [5.41, 5.74) is 1.19. The standard InChI is InChI=1S/C33H21ClFNO3/c34-25-13-7-6-12-24(25)28-29(30(37)19-8-2-1-3-9-19)36-26-16-15-21(35)18-20(26)14-17-27(36)33(28)31(38)22-10-4-5-11-23(22)32(33)39/h1-18,27-29H/t27-,28+,29+/m1/s1. The number of rotatable bonds is 3. The molecule has 0 bridgehead atoms. The van der Waals surface area contributed by atoms with Crippen molar-refractivity contribution in [3.8, 4) is 0 Å². The summed E-state index contributed by atoms with van der Waals surface area (Å²) in [6.45, 7) is 0. The van der Waals surface area contributed by atoms with Crippen molar-refractivity contribution >= 4 is 40.7 Å². The van der Waals surface area contributed by atoms with Gasteiger partial charge in [-0.05, 0) is 29.8 Å². The van der Waals surface area contributed by atoms with E-state index in [0.717, 1.165) is 0 Å². The van der Waals surface area contributed by atoms with Crippen LogP contribution in [-0.2, 0) is 0 Å². The van der Waals surface area contributed by atoms with E-state index in [0.29, 0.717) is 38.5 Å². The van der Waals surface area contributed by atoms with Gasteiger partial charge in [0.2, 0.25) is 0 Å². The van der Waals surface area contributed by atoms with E-state index in [1.807, 2.05) is 11.0 Å². The minimum absolute atomic E-state index is 0.246. The lowest BCUT2D eigenvalue weighted by molar-refractivity contribution is 0.0666. The number of carbonyl (C=O) groups is 3. The fourth-order valence-corrected chi connectivity index (χ4v) is 7.04. The SMILES string of the molecule is O=C(c1ccccc1)[C@@H]1[C@H](c2ccccc2Cl)C2(C(=O)c3ccccc3C2=O)[C@H]2C=Cc3cc(F)ccc3N12. The molecule has 4 aromatic rings. The molecule has 1 fully saturated rings. The maximum Gasteiger partial charge on any atom is 0.185 e. The zero-order chi connectivity index (χ0) is 26.9. The summed E-state index contributed by atoms with van der Waals surface area (Å²) in [4.78, 5) is 45.5. The second kappa shape index (κ2) is 8.58. The van der Waals surface area contributed by atoms with Gasteiger partial charge in [0.15, 0.2) is 17.3 Å². The molecule has 0 unspecified atom stereocenters. The predicted molar refractivity (Wildman–Crippen MR) is 148 cm³/mol. The molecular formula is C33H21ClFNO3. The number of benzene rings is 4. The van der Waals surface area contributed by atoms with Crippen LogP contribution in [0.15, 0.2) is 103 Å². The fourth-order valence-electron chi connectivity index (χ4n) is 6.79. The Morgan fingerprint density at radius 3 is 2.15 bits per heavy atom. The molecule has 0 radical (unpaired) electrons. The first kappa shape index (κ1) is 23.7. The van der Waals surface area contributed by atoms with Crippen LogP contribution in [0.1, 0.15) is 48.1 Å². The van der Waals surface area contributed by atoms with Crippen LogP contribution in [0.4, 0.5) is 10.1 Å². The quantitative estimate of drug-likeness (QED) is 0.215. The minimum Gasteiger partial charge on any atom is -0.352 e. The Morgan fingerprint density at radius 2 is 1.46 bits per heavy atom. The molecule has 0 aromatic heterocycles. The molecule has 190 valence electrons. The number of halogens is 2. The van der Waals surface area contributed by atoms with E-state index in [-0.39, 0.29) is 17.3 Å². The Kier molecular flexibility index (Phi) is 5.23. The molecule has 3 atom stereocenters. The monoisotopic (exact) mass is 533 g/mol. The topological polar surface area (TPSA) is 54.5 Å². The van der Waals surface area contributed by atoms with E-state index < -0.39 is 29.2 Å². The average Bonchev–Trinajstić information content (AvgIpc) is 3.39. The molecule has 0 saturated carbocycles. The summed E-state index contributed by atoms with van der Waals surface area (Å²) in [5.74, 6) is -2.23. The van der Waals surface area contributed by atoms with Gasteiger partial charge in [-0.1, -0.05) is 96.5 Å². The van der Waals surface area contributed by atoms with E-state index >= 15 is 0 Å². The van der Waals surface area contributed by atoms with Gasteiger partial charge in [0.25, 0.3) is 0 Å². The molecule has 6 heteroatoms. The number of nitrogens with zero attached hydrogens (tertiary/aromatic N) is 1. The van der Waals surface area contributed by atoms with Crippen LogP contribution in [0.2, 0.25) is 5.02 Å². The van der Waals surface area contributed by atoms with Crippen LogP contribution < -0.4 is 4.90 Å². The van der Waals surface area contributed by atoms with E-state index in [2.05, 4.69) is 0 Å². The Balaban J connectivity index is 1.57. The summed E-state index contributed by atoms with van der Waals surface area (Å²) in [5, 5.41) is 0.368. The first-order chi connectivity index (χ1) is 18.9. The smallest absolute Gasteiger partial charge is 0.185 e. The zero-order valence-electron chi connectivity index (χ0n) is 20.6. The van der Waals surface area contributed by atoms with Gasteiger partial charge in [0, 0.05) is 38.9 Å². The molecule has 1 aliphatic carbocycles. The summed E-state index contributed by atoms with van der Waals surface area (Å²) >= 11 is 6.79. The first-order valence-electron chi connectivity index (χ1n) is 12.7. The lowest BCUT2D eigenvalue weighted by Gasteiger charge is -2.37. The number of ketones is 3. The van der Waals surface area contributed by atoms with Gasteiger partial charge in [-0.2, -0.15) is 0 Å². The summed E-state index contributed by atoms with van der Waals surface area (Å²) < 4.78 is 14.3. The van der Waals surface area contributed by atoms with Gasteiger partial charge < -0.3 is 4.90 Å². The highest BCUT2D eigenvalue weighted by Crippen LogP contribution is 2.61. The minimum atomic E-state index is -1.65. The summed E-state index contributed by atoms with van der Waals surface area (Å²) in [6, 6.07) is 25.3. The van der Waals surface area contributed by atoms with Crippen LogP contribution in [0.25, 0.3) is 6.08 Å². The van der Waals surface area contributed by atoms with Crippen molar-refractivity contribution in [3.05, 3.63) is 142 Å². The Bertz CT molecular complexity index is 1700. The second-order valence-corrected chi connectivity index (χ2v) is 10.6. The number of anilines is 1. The molecule has 0 amide bonds. The van der Waals surface area contributed by atoms with Crippen molar-refractivity contribution in [1.29, 1.82) is 0 Å². The highest BCUT2D eigenvalue weighted by atomic mass is 35.5. The van der Waals surface area contributed by atoms with Gasteiger partial charge in [-0.3, -0.25) is 14.4 Å². The van der Waals surface area contributed by atoms with Crippen LogP contribution in [0.5, 0.6) is 0 Å². The Hall–Kier alpha value is -4.35. The molecule has 3 aliphatic rings. The van der Waals surface area contributed by atoms with Crippen molar-refractivity contribution in [2.45, 2.75) is 18.0 Å². The van der Waals surface area contributed by atoms with Gasteiger partial charge in [-0.25, -0.2) is 4.39 Å². The molecule has 7 rings (SSSR count). The van der Waals surface area contributed by atoms with Crippen molar-refractivity contribution < 1.29 is 18.8 Å². The molecule has 1 saturated heterocycles. The van der Waals surface area contributed by atoms with Crippen LogP contribution in [-0.4, -0.2) is 29.4 Å². The van der Waals surface area contributed by atoms with Crippen LogP contribution >= 0.6 is 11.6 Å². The Morgan fingerprint density at radius 1 is 0.821 bits per heavy atom. The van der Waals surface area contributed by atoms with E-state index in [4.69, 9.17) is 11.6 Å². The largest absolute Gasteiger partial charge is 0.352 e. The maximum atomic E-state index is 14.6. The summed E-state index contributed by atoms with van der Waals surface area (Å²) in [7, 11) is 0. The van der Waals surface area contributed by atoms with Crippen LogP contribution in [0.3, 0.4) is 0 Å². The third kappa shape index (κ3) is 3.14. The van der Waals surface area contributed by atoms with Gasteiger partial charge in [0.1, 0.15) is 17.3 Å². The number of fused-ring (bicyclic) bond motifs is 5. The van der Waals surface area contributed by atoms with E-state index in [1.165, 1.54) is 12.1 Å². The zero-order valence-corrected chi connectivity index (χ0v) is 21.3. The number of Topliss-reactive ketones (excluding diaryl/α,β-unsaturated/α-hetero) is 3. The van der Waals surface area contributed by atoms with E-state index in [9.17, 15) is 18.8 Å². The molecule has 4 nitrogen and oxygen atoms in total. The van der Waals surface area contributed by atoms with Gasteiger partial charge >= 0.3 is 0 Å². The molecule has 1 spiro atoms. The number of hydrogen-bond donors (Lipinski definition) is 0.